The first-order valence-corrected chi connectivity index (χ1v) is 5.71. The van der Waals surface area contributed by atoms with Gasteiger partial charge in [-0.1, -0.05) is 17.7 Å². The molecule has 0 atom stereocenters. The Bertz CT molecular complexity index is 353. The molecule has 0 bridgehead atoms. The molecule has 0 fully saturated rings. The van der Waals surface area contributed by atoms with E-state index < -0.39 is 0 Å². The van der Waals surface area contributed by atoms with Crippen molar-refractivity contribution < 1.29 is 4.39 Å². The molecule has 0 saturated heterocycles. The van der Waals surface area contributed by atoms with Crippen LogP contribution in [-0.4, -0.2) is 12.1 Å². The van der Waals surface area contributed by atoms with Gasteiger partial charge in [-0.3, -0.25) is 0 Å². The van der Waals surface area contributed by atoms with Gasteiger partial charge in [-0.15, -0.1) is 0 Å². The van der Waals surface area contributed by atoms with E-state index >= 15 is 0 Å². The molecule has 0 radical (unpaired) electrons. The van der Waals surface area contributed by atoms with Crippen molar-refractivity contribution in [2.45, 2.75) is 32.4 Å². The highest BCUT2D eigenvalue weighted by Gasteiger charge is 2.15. The molecule has 0 aliphatic rings. The number of halogens is 2. The van der Waals surface area contributed by atoms with Crippen LogP contribution in [0, 0.1) is 5.82 Å². The van der Waals surface area contributed by atoms with Gasteiger partial charge >= 0.3 is 0 Å². The molecule has 1 aromatic carbocycles. The third kappa shape index (κ3) is 4.08. The monoisotopic (exact) mass is 244 g/mol. The molecule has 1 rings (SSSR count). The topological polar surface area (TPSA) is 38.0 Å². The minimum absolute atomic E-state index is 0.0182. The second-order valence-electron chi connectivity index (χ2n) is 4.52. The lowest BCUT2D eigenvalue weighted by Crippen LogP contribution is -2.40. The van der Waals surface area contributed by atoms with Crippen molar-refractivity contribution in [2.24, 2.45) is 5.73 Å². The molecule has 0 aliphatic heterocycles. The van der Waals surface area contributed by atoms with Crippen LogP contribution in [0.3, 0.4) is 0 Å². The Kier molecular flexibility index (Phi) is 4.71. The molecule has 0 unspecified atom stereocenters. The van der Waals surface area contributed by atoms with Crippen LogP contribution in [0.15, 0.2) is 18.2 Å². The lowest BCUT2D eigenvalue weighted by atomic mass is 10.0. The predicted octanol–water partition coefficient (Wildman–Crippen LogP) is 2.70. The molecular formula is C12H18ClFN2. The Labute approximate surface area is 101 Å². The summed E-state index contributed by atoms with van der Waals surface area (Å²) in [7, 11) is 0. The number of nitrogens with one attached hydrogen (secondary N) is 1. The summed E-state index contributed by atoms with van der Waals surface area (Å²) in [6, 6.07) is 4.75. The van der Waals surface area contributed by atoms with Crippen molar-refractivity contribution in [1.82, 2.24) is 5.32 Å². The third-order valence-electron chi connectivity index (χ3n) is 2.52. The highest BCUT2D eigenvalue weighted by molar-refractivity contribution is 6.30. The molecule has 1 aromatic rings. The van der Waals surface area contributed by atoms with Gasteiger partial charge in [0.05, 0.1) is 5.02 Å². The first-order valence-electron chi connectivity index (χ1n) is 5.33. The Morgan fingerprint density at radius 3 is 2.69 bits per heavy atom. The van der Waals surface area contributed by atoms with Gasteiger partial charge in [0.1, 0.15) is 5.82 Å². The van der Waals surface area contributed by atoms with E-state index in [9.17, 15) is 4.39 Å². The summed E-state index contributed by atoms with van der Waals surface area (Å²) in [4.78, 5) is 0. The quantitative estimate of drug-likeness (QED) is 0.836. The molecular weight excluding hydrogens is 227 g/mol. The van der Waals surface area contributed by atoms with E-state index in [0.717, 1.165) is 12.0 Å². The minimum atomic E-state index is -0.383. The normalized spacial score (nSPS) is 11.8. The van der Waals surface area contributed by atoms with E-state index in [1.54, 1.807) is 12.1 Å². The zero-order valence-electron chi connectivity index (χ0n) is 9.69. The maximum Gasteiger partial charge on any atom is 0.141 e. The van der Waals surface area contributed by atoms with Gasteiger partial charge in [0.25, 0.3) is 0 Å². The Balaban J connectivity index is 2.57. The van der Waals surface area contributed by atoms with Gasteiger partial charge in [0.2, 0.25) is 0 Å². The molecule has 2 nitrogen and oxygen atoms in total. The smallest absolute Gasteiger partial charge is 0.141 e. The molecule has 0 saturated carbocycles. The van der Waals surface area contributed by atoms with Gasteiger partial charge in [-0.05, 0) is 44.5 Å². The zero-order chi connectivity index (χ0) is 12.2. The summed E-state index contributed by atoms with van der Waals surface area (Å²) in [5.41, 5.74) is 6.47. The molecule has 0 aliphatic carbocycles. The predicted molar refractivity (Wildman–Crippen MR) is 66.0 cm³/mol. The number of hydrogen-bond donors (Lipinski definition) is 2. The van der Waals surface area contributed by atoms with Crippen LogP contribution < -0.4 is 11.1 Å². The van der Waals surface area contributed by atoms with E-state index in [1.165, 1.54) is 6.07 Å². The second-order valence-corrected chi connectivity index (χ2v) is 4.93. The second kappa shape index (κ2) is 5.62. The summed E-state index contributed by atoms with van der Waals surface area (Å²) >= 11 is 5.70. The maximum absolute atomic E-state index is 12.9. The molecule has 0 aromatic heterocycles. The summed E-state index contributed by atoms with van der Waals surface area (Å²) < 4.78 is 12.9. The van der Waals surface area contributed by atoms with Crippen LogP contribution >= 0.6 is 11.6 Å². The molecule has 0 spiro atoms. The fraction of sp³-hybridized carbons (Fsp3) is 0.500. The highest BCUT2D eigenvalue weighted by atomic mass is 35.5. The first-order chi connectivity index (χ1) is 7.44. The molecule has 3 N–H and O–H groups in total. The Morgan fingerprint density at radius 1 is 1.44 bits per heavy atom. The largest absolute Gasteiger partial charge is 0.330 e. The summed E-state index contributed by atoms with van der Waals surface area (Å²) in [5.74, 6) is -0.383. The van der Waals surface area contributed by atoms with Gasteiger partial charge in [0.15, 0.2) is 0 Å². The molecule has 16 heavy (non-hydrogen) atoms. The molecule has 4 heteroatoms. The van der Waals surface area contributed by atoms with E-state index in [-0.39, 0.29) is 16.4 Å². The molecule has 0 heterocycles. The molecule has 90 valence electrons. The average Bonchev–Trinajstić information content (AvgIpc) is 2.20. The third-order valence-corrected chi connectivity index (χ3v) is 2.81. The standard InChI is InChI=1S/C12H18ClFN2/c1-12(2,5-6-15)16-8-9-3-4-11(14)10(13)7-9/h3-4,7,16H,5-6,8,15H2,1-2H3. The average molecular weight is 245 g/mol. The van der Waals surface area contributed by atoms with Crippen LogP contribution in [-0.2, 0) is 6.54 Å². The van der Waals surface area contributed by atoms with Gasteiger partial charge < -0.3 is 11.1 Å². The summed E-state index contributed by atoms with van der Waals surface area (Å²) in [6.07, 6.45) is 0.891. The number of hydrogen-bond acceptors (Lipinski definition) is 2. The summed E-state index contributed by atoms with van der Waals surface area (Å²) in [5, 5.41) is 3.52. The van der Waals surface area contributed by atoms with Crippen molar-refractivity contribution in [3.63, 3.8) is 0 Å². The number of benzene rings is 1. The fourth-order valence-electron chi connectivity index (χ4n) is 1.44. The van der Waals surface area contributed by atoms with E-state index in [1.807, 2.05) is 0 Å². The van der Waals surface area contributed by atoms with Crippen LogP contribution in [0.4, 0.5) is 4.39 Å². The lowest BCUT2D eigenvalue weighted by molar-refractivity contribution is 0.365. The van der Waals surface area contributed by atoms with Crippen molar-refractivity contribution >= 4 is 11.6 Å². The summed E-state index contributed by atoms with van der Waals surface area (Å²) in [6.45, 7) is 5.48. The SMILES string of the molecule is CC(C)(CCN)NCc1ccc(F)c(Cl)c1. The molecule has 0 amide bonds. The van der Waals surface area contributed by atoms with Crippen LogP contribution in [0.1, 0.15) is 25.8 Å². The van der Waals surface area contributed by atoms with Crippen molar-refractivity contribution in [1.29, 1.82) is 0 Å². The zero-order valence-corrected chi connectivity index (χ0v) is 10.4. The number of rotatable bonds is 5. The van der Waals surface area contributed by atoms with Gasteiger partial charge in [0, 0.05) is 12.1 Å². The minimum Gasteiger partial charge on any atom is -0.330 e. The van der Waals surface area contributed by atoms with Crippen LogP contribution in [0.5, 0.6) is 0 Å². The van der Waals surface area contributed by atoms with Crippen LogP contribution in [0.25, 0.3) is 0 Å². The van der Waals surface area contributed by atoms with Gasteiger partial charge in [-0.2, -0.15) is 0 Å². The van der Waals surface area contributed by atoms with Gasteiger partial charge in [-0.25, -0.2) is 4.39 Å². The maximum atomic E-state index is 12.9. The van der Waals surface area contributed by atoms with Crippen molar-refractivity contribution in [3.05, 3.63) is 34.6 Å². The van der Waals surface area contributed by atoms with E-state index in [2.05, 4.69) is 19.2 Å². The van der Waals surface area contributed by atoms with Crippen molar-refractivity contribution in [2.75, 3.05) is 6.54 Å². The Morgan fingerprint density at radius 2 is 2.12 bits per heavy atom. The van der Waals surface area contributed by atoms with Crippen molar-refractivity contribution in [3.8, 4) is 0 Å². The van der Waals surface area contributed by atoms with E-state index in [0.29, 0.717) is 13.1 Å². The first kappa shape index (κ1) is 13.4. The number of nitrogens with two attached hydrogens (primary N) is 1. The highest BCUT2D eigenvalue weighted by Crippen LogP contribution is 2.17. The van der Waals surface area contributed by atoms with E-state index in [4.69, 9.17) is 17.3 Å². The lowest BCUT2D eigenvalue weighted by Gasteiger charge is -2.25. The fourth-order valence-corrected chi connectivity index (χ4v) is 1.64. The van der Waals surface area contributed by atoms with Crippen LogP contribution in [0.2, 0.25) is 5.02 Å². The Hall–Kier alpha value is -0.640.